The molecule has 0 spiro atoms. The van der Waals surface area contributed by atoms with E-state index >= 15 is 0 Å². The molecule has 0 heterocycles. The maximum atomic E-state index is 13.6. The summed E-state index contributed by atoms with van der Waals surface area (Å²) in [6, 6.07) is 8.31. The molecule has 0 amide bonds. The largest absolute Gasteiger partial charge is 0.294 e. The molecule has 2 rings (SSSR count). The minimum Gasteiger partial charge on any atom is -0.294 e. The maximum absolute atomic E-state index is 13.6. The zero-order chi connectivity index (χ0) is 14.0. The summed E-state index contributed by atoms with van der Waals surface area (Å²) in [6.07, 6.45) is -0.0586. The predicted octanol–water partition coefficient (Wildman–Crippen LogP) is 4.92. The van der Waals surface area contributed by atoms with Crippen LogP contribution in [0.5, 0.6) is 0 Å². The van der Waals surface area contributed by atoms with Crippen molar-refractivity contribution in [1.29, 1.82) is 0 Å². The Bertz CT molecular complexity index is 641. The fourth-order valence-electron chi connectivity index (χ4n) is 1.66. The van der Waals surface area contributed by atoms with Crippen LogP contribution in [0.1, 0.15) is 15.9 Å². The molecule has 0 radical (unpaired) electrons. The lowest BCUT2D eigenvalue weighted by atomic mass is 10.0. The molecule has 0 aromatic heterocycles. The molecule has 2 aromatic rings. The van der Waals surface area contributed by atoms with Gasteiger partial charge in [0.1, 0.15) is 11.6 Å². The van der Waals surface area contributed by atoms with Gasteiger partial charge >= 0.3 is 0 Å². The Morgan fingerprint density at radius 3 is 2.47 bits per heavy atom. The summed E-state index contributed by atoms with van der Waals surface area (Å²) < 4.78 is 28.0. The Morgan fingerprint density at radius 2 is 1.79 bits per heavy atom. The first-order valence-corrected chi connectivity index (χ1v) is 6.98. The van der Waals surface area contributed by atoms with Crippen molar-refractivity contribution in [2.75, 3.05) is 0 Å². The van der Waals surface area contributed by atoms with Crippen LogP contribution >= 0.6 is 31.9 Å². The zero-order valence-corrected chi connectivity index (χ0v) is 12.8. The summed E-state index contributed by atoms with van der Waals surface area (Å²) in [6.45, 7) is 0. The molecule has 19 heavy (non-hydrogen) atoms. The number of benzene rings is 2. The lowest BCUT2D eigenvalue weighted by Gasteiger charge is -2.06. The van der Waals surface area contributed by atoms with Crippen molar-refractivity contribution in [3.05, 3.63) is 68.1 Å². The Balaban J connectivity index is 2.28. The molecule has 0 aliphatic heterocycles. The van der Waals surface area contributed by atoms with Gasteiger partial charge in [-0.2, -0.15) is 0 Å². The topological polar surface area (TPSA) is 17.1 Å². The summed E-state index contributed by atoms with van der Waals surface area (Å²) in [4.78, 5) is 12.0. The highest BCUT2D eigenvalue weighted by Crippen LogP contribution is 2.21. The van der Waals surface area contributed by atoms with Crippen LogP contribution in [0.25, 0.3) is 0 Å². The average Bonchev–Trinajstić information content (AvgIpc) is 2.33. The molecule has 0 N–H and O–H groups in total. The van der Waals surface area contributed by atoms with E-state index in [2.05, 4.69) is 31.9 Å². The number of carbonyl (C=O) groups is 1. The highest BCUT2D eigenvalue weighted by atomic mass is 79.9. The second kappa shape index (κ2) is 5.92. The van der Waals surface area contributed by atoms with Crippen molar-refractivity contribution < 1.29 is 13.6 Å². The van der Waals surface area contributed by atoms with E-state index in [9.17, 15) is 13.6 Å². The van der Waals surface area contributed by atoms with Gasteiger partial charge in [0.15, 0.2) is 5.78 Å². The van der Waals surface area contributed by atoms with E-state index in [-0.39, 0.29) is 12.0 Å². The molecule has 5 heteroatoms. The van der Waals surface area contributed by atoms with Crippen molar-refractivity contribution in [2.45, 2.75) is 6.42 Å². The molecule has 0 saturated heterocycles. The van der Waals surface area contributed by atoms with Gasteiger partial charge < -0.3 is 0 Å². The van der Waals surface area contributed by atoms with Gasteiger partial charge in [0.25, 0.3) is 0 Å². The highest BCUT2D eigenvalue weighted by Gasteiger charge is 2.14. The first-order valence-electron chi connectivity index (χ1n) is 5.39. The Kier molecular flexibility index (Phi) is 4.47. The van der Waals surface area contributed by atoms with Crippen LogP contribution in [0.4, 0.5) is 8.78 Å². The quantitative estimate of drug-likeness (QED) is 0.681. The first-order chi connectivity index (χ1) is 8.97. The van der Waals surface area contributed by atoms with Crippen LogP contribution in [0.2, 0.25) is 0 Å². The number of carbonyl (C=O) groups excluding carboxylic acids is 1. The molecule has 1 nitrogen and oxygen atoms in total. The molecular formula is C14H8Br2F2O. The maximum Gasteiger partial charge on any atom is 0.170 e. The van der Waals surface area contributed by atoms with Gasteiger partial charge in [-0.15, -0.1) is 0 Å². The van der Waals surface area contributed by atoms with Crippen LogP contribution in [0, 0.1) is 11.6 Å². The molecule has 0 atom stereocenters. The summed E-state index contributed by atoms with van der Waals surface area (Å²) in [5.74, 6) is -1.41. The Morgan fingerprint density at radius 1 is 1.05 bits per heavy atom. The van der Waals surface area contributed by atoms with Crippen molar-refractivity contribution in [3.8, 4) is 0 Å². The monoisotopic (exact) mass is 388 g/mol. The van der Waals surface area contributed by atoms with E-state index < -0.39 is 17.4 Å². The van der Waals surface area contributed by atoms with Crippen LogP contribution in [-0.2, 0) is 6.42 Å². The van der Waals surface area contributed by atoms with Gasteiger partial charge in [-0.05, 0) is 42.0 Å². The zero-order valence-electron chi connectivity index (χ0n) is 9.59. The van der Waals surface area contributed by atoms with Gasteiger partial charge in [0.2, 0.25) is 0 Å². The van der Waals surface area contributed by atoms with Crippen molar-refractivity contribution in [2.24, 2.45) is 0 Å². The van der Waals surface area contributed by atoms with Crippen molar-refractivity contribution in [1.82, 2.24) is 0 Å². The second-order valence-electron chi connectivity index (χ2n) is 3.96. The fraction of sp³-hybridized carbons (Fsp3) is 0.0714. The van der Waals surface area contributed by atoms with E-state index in [0.717, 1.165) is 0 Å². The Labute approximate surface area is 125 Å². The highest BCUT2D eigenvalue weighted by molar-refractivity contribution is 9.10. The molecule has 0 saturated carbocycles. The van der Waals surface area contributed by atoms with Gasteiger partial charge in [-0.3, -0.25) is 4.79 Å². The van der Waals surface area contributed by atoms with Gasteiger partial charge in [-0.25, -0.2) is 8.78 Å². The van der Waals surface area contributed by atoms with E-state index in [1.807, 2.05) is 0 Å². The fourth-order valence-corrected chi connectivity index (χ4v) is 2.38. The third kappa shape index (κ3) is 3.48. The van der Waals surface area contributed by atoms with Crippen molar-refractivity contribution >= 4 is 37.6 Å². The van der Waals surface area contributed by atoms with E-state index in [1.165, 1.54) is 30.3 Å². The molecule has 2 aromatic carbocycles. The molecule has 0 bridgehead atoms. The Hall–Kier alpha value is -1.07. The molecule has 98 valence electrons. The number of halogens is 4. The normalized spacial score (nSPS) is 10.5. The minimum absolute atomic E-state index is 0.000591. The molecule has 0 aliphatic carbocycles. The molecular weight excluding hydrogens is 382 g/mol. The minimum atomic E-state index is -0.591. The lowest BCUT2D eigenvalue weighted by molar-refractivity contribution is 0.0989. The first kappa shape index (κ1) is 14.3. The number of ketones is 1. The number of hydrogen-bond donors (Lipinski definition) is 0. The van der Waals surface area contributed by atoms with Crippen LogP contribution < -0.4 is 0 Å². The van der Waals surface area contributed by atoms with Gasteiger partial charge in [0.05, 0.1) is 5.56 Å². The molecule has 0 unspecified atom stereocenters. The van der Waals surface area contributed by atoms with E-state index in [4.69, 9.17) is 0 Å². The van der Waals surface area contributed by atoms with Crippen molar-refractivity contribution in [3.63, 3.8) is 0 Å². The summed E-state index contributed by atoms with van der Waals surface area (Å²) in [5.41, 5.74) is 0.492. The summed E-state index contributed by atoms with van der Waals surface area (Å²) >= 11 is 6.37. The number of hydrogen-bond acceptors (Lipinski definition) is 1. The third-order valence-electron chi connectivity index (χ3n) is 2.59. The average molecular weight is 390 g/mol. The van der Waals surface area contributed by atoms with E-state index in [0.29, 0.717) is 14.5 Å². The second-order valence-corrected chi connectivity index (χ2v) is 5.73. The van der Waals surface area contributed by atoms with Crippen LogP contribution in [0.15, 0.2) is 45.3 Å². The number of Topliss-reactive ketones (excluding diaryl/α,β-unsaturated/α-hetero) is 1. The predicted molar refractivity (Wildman–Crippen MR) is 76.2 cm³/mol. The van der Waals surface area contributed by atoms with Crippen LogP contribution in [-0.4, -0.2) is 5.78 Å². The van der Waals surface area contributed by atoms with Gasteiger partial charge in [-0.1, -0.05) is 31.9 Å². The smallest absolute Gasteiger partial charge is 0.170 e. The van der Waals surface area contributed by atoms with Crippen LogP contribution in [0.3, 0.4) is 0 Å². The number of rotatable bonds is 3. The summed E-state index contributed by atoms with van der Waals surface area (Å²) in [5, 5.41) is 0. The SMILES string of the molecule is O=C(Cc1cc(F)ccc1Br)c1ccc(Br)cc1F. The lowest BCUT2D eigenvalue weighted by Crippen LogP contribution is -2.07. The third-order valence-corrected chi connectivity index (χ3v) is 3.86. The van der Waals surface area contributed by atoms with E-state index in [1.54, 1.807) is 6.07 Å². The van der Waals surface area contributed by atoms with Gasteiger partial charge in [0, 0.05) is 15.4 Å². The molecule has 0 aliphatic rings. The standard InChI is InChI=1S/C14H8Br2F2O/c15-9-1-3-11(13(18)7-9)14(19)6-8-5-10(17)2-4-12(8)16/h1-5,7H,6H2. The summed E-state index contributed by atoms with van der Waals surface area (Å²) in [7, 11) is 0. The molecule has 0 fully saturated rings.